The number of halogens is 3. The van der Waals surface area contributed by atoms with Crippen LogP contribution in [0.25, 0.3) is 0 Å². The van der Waals surface area contributed by atoms with Crippen molar-refractivity contribution in [1.29, 1.82) is 0 Å². The molecule has 0 heterocycles. The lowest BCUT2D eigenvalue weighted by Crippen LogP contribution is -2.46. The van der Waals surface area contributed by atoms with Crippen LogP contribution in [0.3, 0.4) is 0 Å². The van der Waals surface area contributed by atoms with Gasteiger partial charge in [-0.1, -0.05) is 31.4 Å². The van der Waals surface area contributed by atoms with Gasteiger partial charge in [-0.3, -0.25) is 0 Å². The van der Waals surface area contributed by atoms with Gasteiger partial charge in [-0.25, -0.2) is 4.79 Å². The van der Waals surface area contributed by atoms with E-state index in [1.807, 2.05) is 0 Å². The molecule has 1 aromatic rings. The number of para-hydroxylation sites is 1. The van der Waals surface area contributed by atoms with Crippen LogP contribution in [0.5, 0.6) is 5.75 Å². The first kappa shape index (κ1) is 20.4. The normalized spacial score (nSPS) is 16.8. The first-order valence-electron chi connectivity index (χ1n) is 8.76. The largest absolute Gasteiger partial charge is 0.490 e. The van der Waals surface area contributed by atoms with Crippen molar-refractivity contribution in [3.8, 4) is 5.75 Å². The number of benzene rings is 1. The van der Waals surface area contributed by atoms with Gasteiger partial charge in [0.05, 0.1) is 12.1 Å². The van der Waals surface area contributed by atoms with Crippen molar-refractivity contribution in [2.75, 3.05) is 20.2 Å². The first-order chi connectivity index (χ1) is 12.3. The number of amides is 2. The zero-order chi connectivity index (χ0) is 19.2. The Hall–Kier alpha value is -1.96. The van der Waals surface area contributed by atoms with Crippen LogP contribution in [0, 0.1) is 0 Å². The van der Waals surface area contributed by atoms with E-state index in [9.17, 15) is 23.1 Å². The molecule has 0 aliphatic heterocycles. The predicted octanol–water partition coefficient (Wildman–Crippen LogP) is 3.42. The van der Waals surface area contributed by atoms with Gasteiger partial charge in [0.2, 0.25) is 0 Å². The summed E-state index contributed by atoms with van der Waals surface area (Å²) in [5, 5.41) is 12.9. The number of nitrogens with one attached hydrogen (secondary N) is 1. The van der Waals surface area contributed by atoms with Gasteiger partial charge in [0.1, 0.15) is 18.5 Å². The molecule has 1 aliphatic carbocycles. The van der Waals surface area contributed by atoms with Crippen molar-refractivity contribution < 1.29 is 27.8 Å². The molecule has 1 aliphatic rings. The van der Waals surface area contributed by atoms with Gasteiger partial charge >= 0.3 is 12.2 Å². The van der Waals surface area contributed by atoms with Gasteiger partial charge in [-0.2, -0.15) is 13.2 Å². The Morgan fingerprint density at radius 2 is 1.96 bits per heavy atom. The summed E-state index contributed by atoms with van der Waals surface area (Å²) < 4.78 is 43.9. The summed E-state index contributed by atoms with van der Waals surface area (Å²) in [5.41, 5.74) is -0.893. The maximum absolute atomic E-state index is 12.9. The lowest BCUT2D eigenvalue weighted by atomic mass is 9.96. The summed E-state index contributed by atoms with van der Waals surface area (Å²) in [6.07, 6.45) is -0.388. The van der Waals surface area contributed by atoms with E-state index in [-0.39, 0.29) is 31.0 Å². The lowest BCUT2D eigenvalue weighted by Gasteiger charge is -2.27. The highest BCUT2D eigenvalue weighted by Crippen LogP contribution is 2.35. The molecule has 146 valence electrons. The molecular weight excluding hydrogens is 349 g/mol. The summed E-state index contributed by atoms with van der Waals surface area (Å²) in [6, 6.07) is 4.67. The van der Waals surface area contributed by atoms with E-state index < -0.39 is 17.8 Å². The van der Waals surface area contributed by atoms with Gasteiger partial charge in [0, 0.05) is 13.1 Å². The van der Waals surface area contributed by atoms with E-state index in [4.69, 9.17) is 4.74 Å². The number of likely N-dealkylation sites (N-methyl/N-ethyl adjacent to an activating group) is 1. The molecule has 1 fully saturated rings. The first-order valence-corrected chi connectivity index (χ1v) is 8.76. The Morgan fingerprint density at radius 1 is 1.31 bits per heavy atom. The molecular formula is C18H25F3N2O3. The summed E-state index contributed by atoms with van der Waals surface area (Å²) in [7, 11) is 1.53. The van der Waals surface area contributed by atoms with E-state index in [2.05, 4.69) is 5.32 Å². The second-order valence-electron chi connectivity index (χ2n) is 6.62. The minimum absolute atomic E-state index is 0.0350. The molecule has 2 amide bonds. The number of urea groups is 1. The molecule has 0 bridgehead atoms. The van der Waals surface area contributed by atoms with Crippen LogP contribution < -0.4 is 10.1 Å². The van der Waals surface area contributed by atoms with Crippen molar-refractivity contribution in [2.24, 2.45) is 0 Å². The fraction of sp³-hybridized carbons (Fsp3) is 0.611. The molecule has 1 atom stereocenters. The van der Waals surface area contributed by atoms with Crippen LogP contribution in [0.4, 0.5) is 18.0 Å². The Kier molecular flexibility index (Phi) is 7.14. The number of alkyl halides is 3. The average molecular weight is 374 g/mol. The topological polar surface area (TPSA) is 61.8 Å². The SMILES string of the molecule is CN(C[C@H](O)COc1ccccc1C(F)(F)F)C(=O)NC1CCCCC1. The number of rotatable bonds is 6. The van der Waals surface area contributed by atoms with E-state index in [1.165, 1.54) is 36.6 Å². The standard InChI is InChI=1S/C18H25F3N2O3/c1-23(17(25)22-13-7-3-2-4-8-13)11-14(24)12-26-16-10-6-5-9-15(16)18(19,20)21/h5-6,9-10,13-14,24H,2-4,7-8,11-12H2,1H3,(H,22,25)/t14-/m0/s1. The predicted molar refractivity (Wildman–Crippen MR) is 91.0 cm³/mol. The molecule has 26 heavy (non-hydrogen) atoms. The quantitative estimate of drug-likeness (QED) is 0.802. The van der Waals surface area contributed by atoms with E-state index in [0.717, 1.165) is 31.7 Å². The van der Waals surface area contributed by atoms with Crippen molar-refractivity contribution in [1.82, 2.24) is 10.2 Å². The average Bonchev–Trinajstić information content (AvgIpc) is 2.60. The molecule has 0 saturated heterocycles. The molecule has 0 aromatic heterocycles. The highest BCUT2D eigenvalue weighted by molar-refractivity contribution is 5.74. The van der Waals surface area contributed by atoms with Crippen LogP contribution in [0.1, 0.15) is 37.7 Å². The summed E-state index contributed by atoms with van der Waals surface area (Å²) in [5.74, 6) is -0.339. The van der Waals surface area contributed by atoms with E-state index in [0.29, 0.717) is 0 Å². The Balaban J connectivity index is 1.81. The number of ether oxygens (including phenoxy) is 1. The van der Waals surface area contributed by atoms with Gasteiger partial charge < -0.3 is 20.1 Å². The molecule has 8 heteroatoms. The fourth-order valence-corrected chi connectivity index (χ4v) is 3.00. The maximum Gasteiger partial charge on any atom is 0.419 e. The molecule has 5 nitrogen and oxygen atoms in total. The van der Waals surface area contributed by atoms with Crippen LogP contribution in [0.15, 0.2) is 24.3 Å². The summed E-state index contributed by atoms with van der Waals surface area (Å²) in [6.45, 7) is -0.374. The number of hydrogen-bond donors (Lipinski definition) is 2. The second kappa shape index (κ2) is 9.12. The van der Waals surface area contributed by atoms with Crippen molar-refractivity contribution >= 4 is 6.03 Å². The van der Waals surface area contributed by atoms with E-state index >= 15 is 0 Å². The zero-order valence-corrected chi connectivity index (χ0v) is 14.8. The van der Waals surface area contributed by atoms with Crippen molar-refractivity contribution in [2.45, 2.75) is 50.4 Å². The lowest BCUT2D eigenvalue weighted by molar-refractivity contribution is -0.139. The molecule has 0 spiro atoms. The number of hydrogen-bond acceptors (Lipinski definition) is 3. The molecule has 2 N–H and O–H groups in total. The van der Waals surface area contributed by atoms with Gasteiger partial charge in [0.15, 0.2) is 0 Å². The Labute approximate surface area is 151 Å². The molecule has 0 unspecified atom stereocenters. The van der Waals surface area contributed by atoms with Gasteiger partial charge in [0.25, 0.3) is 0 Å². The zero-order valence-electron chi connectivity index (χ0n) is 14.8. The smallest absolute Gasteiger partial charge is 0.419 e. The van der Waals surface area contributed by atoms with Gasteiger partial charge in [-0.05, 0) is 25.0 Å². The number of aliphatic hydroxyl groups excluding tert-OH is 1. The maximum atomic E-state index is 12.9. The summed E-state index contributed by atoms with van der Waals surface area (Å²) >= 11 is 0. The highest BCUT2D eigenvalue weighted by atomic mass is 19.4. The number of nitrogens with zero attached hydrogens (tertiary/aromatic N) is 1. The second-order valence-corrected chi connectivity index (χ2v) is 6.62. The third kappa shape index (κ3) is 6.09. The van der Waals surface area contributed by atoms with E-state index in [1.54, 1.807) is 0 Å². The highest BCUT2D eigenvalue weighted by Gasteiger charge is 2.34. The monoisotopic (exact) mass is 374 g/mol. The third-order valence-corrected chi connectivity index (χ3v) is 4.39. The van der Waals surface area contributed by atoms with Crippen molar-refractivity contribution in [3.63, 3.8) is 0 Å². The molecule has 1 aromatic carbocycles. The Morgan fingerprint density at radius 3 is 2.62 bits per heavy atom. The summed E-state index contributed by atoms with van der Waals surface area (Å²) in [4.78, 5) is 13.4. The van der Waals surface area contributed by atoms with Crippen molar-refractivity contribution in [3.05, 3.63) is 29.8 Å². The van der Waals surface area contributed by atoms with Gasteiger partial charge in [-0.15, -0.1) is 0 Å². The minimum atomic E-state index is -4.53. The van der Waals surface area contributed by atoms with Crippen LogP contribution >= 0.6 is 0 Å². The number of aliphatic hydroxyl groups is 1. The van der Waals surface area contributed by atoms with Crippen LogP contribution in [-0.2, 0) is 6.18 Å². The minimum Gasteiger partial charge on any atom is -0.490 e. The molecule has 2 rings (SSSR count). The fourth-order valence-electron chi connectivity index (χ4n) is 3.00. The number of carbonyl (C=O) groups is 1. The third-order valence-electron chi connectivity index (χ3n) is 4.39. The van der Waals surface area contributed by atoms with Crippen LogP contribution in [0.2, 0.25) is 0 Å². The Bertz CT molecular complexity index is 589. The van der Waals surface area contributed by atoms with Crippen LogP contribution in [-0.4, -0.2) is 48.4 Å². The molecule has 0 radical (unpaired) electrons. The molecule has 1 saturated carbocycles. The number of carbonyl (C=O) groups excluding carboxylic acids is 1.